The van der Waals surface area contributed by atoms with Gasteiger partial charge in [0.25, 0.3) is 0 Å². The summed E-state index contributed by atoms with van der Waals surface area (Å²) in [6.45, 7) is 2.12. The molecular formula is C12H20O2. The Kier molecular flexibility index (Phi) is 2.44. The van der Waals surface area contributed by atoms with Gasteiger partial charge >= 0.3 is 0 Å². The molecule has 2 heteroatoms. The van der Waals surface area contributed by atoms with Crippen molar-refractivity contribution in [3.05, 3.63) is 12.2 Å². The fourth-order valence-electron chi connectivity index (χ4n) is 3.45. The van der Waals surface area contributed by atoms with Gasteiger partial charge in [-0.15, -0.1) is 0 Å². The van der Waals surface area contributed by atoms with Crippen LogP contribution in [0.4, 0.5) is 0 Å². The lowest BCUT2D eigenvalue weighted by atomic mass is 9.62. The Balaban J connectivity index is 2.33. The molecule has 14 heavy (non-hydrogen) atoms. The Morgan fingerprint density at radius 3 is 2.71 bits per heavy atom. The zero-order chi connectivity index (χ0) is 10.2. The van der Waals surface area contributed by atoms with E-state index >= 15 is 0 Å². The number of rotatable bonds is 1. The summed E-state index contributed by atoms with van der Waals surface area (Å²) in [5.41, 5.74) is -0.623. The molecule has 0 bridgehead atoms. The van der Waals surface area contributed by atoms with Gasteiger partial charge in [0.05, 0.1) is 5.60 Å². The van der Waals surface area contributed by atoms with Crippen molar-refractivity contribution in [1.82, 2.24) is 0 Å². The monoisotopic (exact) mass is 196 g/mol. The van der Waals surface area contributed by atoms with Crippen LogP contribution in [0.25, 0.3) is 0 Å². The highest BCUT2D eigenvalue weighted by Gasteiger charge is 2.54. The van der Waals surface area contributed by atoms with Crippen molar-refractivity contribution in [2.75, 3.05) is 6.61 Å². The summed E-state index contributed by atoms with van der Waals surface area (Å²) in [6.07, 6.45) is 9.36. The molecule has 0 saturated heterocycles. The van der Waals surface area contributed by atoms with E-state index in [9.17, 15) is 10.2 Å². The summed E-state index contributed by atoms with van der Waals surface area (Å²) in [4.78, 5) is 0. The predicted molar refractivity (Wildman–Crippen MR) is 55.9 cm³/mol. The third-order valence-electron chi connectivity index (χ3n) is 4.39. The average molecular weight is 196 g/mol. The minimum absolute atomic E-state index is 0.0451. The average Bonchev–Trinajstić information content (AvgIpc) is 2.44. The Labute approximate surface area is 85.6 Å². The maximum Gasteiger partial charge on any atom is 0.0682 e. The lowest BCUT2D eigenvalue weighted by molar-refractivity contribution is -0.0864. The highest BCUT2D eigenvalue weighted by Crippen LogP contribution is 2.56. The van der Waals surface area contributed by atoms with Gasteiger partial charge in [-0.3, -0.25) is 0 Å². The second kappa shape index (κ2) is 3.35. The summed E-state index contributed by atoms with van der Waals surface area (Å²) in [7, 11) is 0. The van der Waals surface area contributed by atoms with E-state index < -0.39 is 5.60 Å². The van der Waals surface area contributed by atoms with Crippen LogP contribution in [0.3, 0.4) is 0 Å². The van der Waals surface area contributed by atoms with E-state index in [1.807, 2.05) is 6.92 Å². The van der Waals surface area contributed by atoms with Crippen molar-refractivity contribution >= 4 is 0 Å². The Hall–Kier alpha value is -0.340. The van der Waals surface area contributed by atoms with Crippen molar-refractivity contribution in [2.24, 2.45) is 11.3 Å². The summed E-state index contributed by atoms with van der Waals surface area (Å²) in [6, 6.07) is 0. The zero-order valence-corrected chi connectivity index (χ0v) is 8.87. The normalized spacial score (nSPS) is 47.5. The lowest BCUT2D eigenvalue weighted by Gasteiger charge is -2.46. The number of allylic oxidation sites excluding steroid dienone is 1. The van der Waals surface area contributed by atoms with Crippen molar-refractivity contribution in [3.8, 4) is 0 Å². The first-order valence-electron chi connectivity index (χ1n) is 5.62. The molecule has 2 aliphatic rings. The van der Waals surface area contributed by atoms with E-state index in [2.05, 4.69) is 12.2 Å². The van der Waals surface area contributed by atoms with Crippen molar-refractivity contribution < 1.29 is 10.2 Å². The van der Waals surface area contributed by atoms with Crippen LogP contribution >= 0.6 is 0 Å². The van der Waals surface area contributed by atoms with Crippen LogP contribution in [0.15, 0.2) is 12.2 Å². The van der Waals surface area contributed by atoms with Crippen molar-refractivity contribution in [3.63, 3.8) is 0 Å². The first kappa shape index (κ1) is 10.2. The number of hydrogen-bond acceptors (Lipinski definition) is 2. The van der Waals surface area contributed by atoms with Crippen LogP contribution in [0.1, 0.15) is 39.0 Å². The molecule has 80 valence electrons. The van der Waals surface area contributed by atoms with Crippen LogP contribution in [0.2, 0.25) is 0 Å². The quantitative estimate of drug-likeness (QED) is 0.628. The molecule has 0 aromatic carbocycles. The molecule has 0 amide bonds. The SMILES string of the molecule is C[C@]1(O)CCC[C@@]12CCC=C[C@@H]2CO. The standard InChI is InChI=1S/C12H20O2/c1-11(14)6-4-8-12(11)7-3-2-5-10(12)9-13/h2,5,10,13-14H,3-4,6-9H2,1H3/t10-,11+,12-/m1/s1. The Bertz CT molecular complexity index is 245. The Morgan fingerprint density at radius 2 is 2.14 bits per heavy atom. The Morgan fingerprint density at radius 1 is 1.36 bits per heavy atom. The van der Waals surface area contributed by atoms with Crippen LogP contribution in [0, 0.1) is 11.3 Å². The number of aliphatic hydroxyl groups excluding tert-OH is 1. The zero-order valence-electron chi connectivity index (χ0n) is 8.87. The van der Waals surface area contributed by atoms with Gasteiger partial charge in [-0.1, -0.05) is 12.2 Å². The highest BCUT2D eigenvalue weighted by molar-refractivity contribution is 5.13. The number of aliphatic hydroxyl groups is 2. The van der Waals surface area contributed by atoms with E-state index in [0.717, 1.165) is 32.1 Å². The minimum atomic E-state index is -0.578. The molecule has 2 nitrogen and oxygen atoms in total. The van der Waals surface area contributed by atoms with Gasteiger partial charge in [-0.2, -0.15) is 0 Å². The third kappa shape index (κ3) is 1.24. The molecule has 2 rings (SSSR count). The molecule has 3 atom stereocenters. The maximum absolute atomic E-state index is 10.4. The van der Waals surface area contributed by atoms with Crippen LogP contribution in [-0.2, 0) is 0 Å². The number of hydrogen-bond donors (Lipinski definition) is 2. The van der Waals surface area contributed by atoms with Crippen molar-refractivity contribution in [1.29, 1.82) is 0 Å². The van der Waals surface area contributed by atoms with E-state index in [0.29, 0.717) is 0 Å². The van der Waals surface area contributed by atoms with Crippen LogP contribution in [-0.4, -0.2) is 22.4 Å². The van der Waals surface area contributed by atoms with Gasteiger partial charge in [0.15, 0.2) is 0 Å². The molecule has 0 aromatic heterocycles. The van der Waals surface area contributed by atoms with Gasteiger partial charge in [0.2, 0.25) is 0 Å². The largest absolute Gasteiger partial charge is 0.396 e. The summed E-state index contributed by atoms with van der Waals surface area (Å²) in [5, 5.41) is 19.8. The van der Waals surface area contributed by atoms with Crippen LogP contribution < -0.4 is 0 Å². The summed E-state index contributed by atoms with van der Waals surface area (Å²) < 4.78 is 0. The topological polar surface area (TPSA) is 40.5 Å². The molecule has 0 unspecified atom stereocenters. The minimum Gasteiger partial charge on any atom is -0.396 e. The second-order valence-corrected chi connectivity index (χ2v) is 5.04. The van der Waals surface area contributed by atoms with E-state index in [-0.39, 0.29) is 17.9 Å². The smallest absolute Gasteiger partial charge is 0.0682 e. The fraction of sp³-hybridized carbons (Fsp3) is 0.833. The molecule has 2 aliphatic carbocycles. The summed E-state index contributed by atoms with van der Waals surface area (Å²) >= 11 is 0. The van der Waals surface area contributed by atoms with Gasteiger partial charge in [-0.25, -0.2) is 0 Å². The second-order valence-electron chi connectivity index (χ2n) is 5.04. The molecule has 0 aliphatic heterocycles. The van der Waals surface area contributed by atoms with Gasteiger partial charge in [0.1, 0.15) is 0 Å². The van der Waals surface area contributed by atoms with E-state index in [1.54, 1.807) is 0 Å². The van der Waals surface area contributed by atoms with E-state index in [1.165, 1.54) is 0 Å². The lowest BCUT2D eigenvalue weighted by Crippen LogP contribution is -2.48. The molecule has 1 saturated carbocycles. The molecule has 0 aromatic rings. The molecule has 2 N–H and O–H groups in total. The van der Waals surface area contributed by atoms with Gasteiger partial charge in [-0.05, 0) is 39.0 Å². The summed E-state index contributed by atoms with van der Waals surface area (Å²) in [5.74, 6) is 0.161. The predicted octanol–water partition coefficient (Wildman–Crippen LogP) is 1.87. The third-order valence-corrected chi connectivity index (χ3v) is 4.39. The highest BCUT2D eigenvalue weighted by atomic mass is 16.3. The van der Waals surface area contributed by atoms with E-state index in [4.69, 9.17) is 0 Å². The van der Waals surface area contributed by atoms with Gasteiger partial charge in [0, 0.05) is 17.9 Å². The molecule has 1 spiro atoms. The van der Waals surface area contributed by atoms with Gasteiger partial charge < -0.3 is 10.2 Å². The van der Waals surface area contributed by atoms with Crippen LogP contribution in [0.5, 0.6) is 0 Å². The fourth-order valence-corrected chi connectivity index (χ4v) is 3.45. The molecule has 0 heterocycles. The molecular weight excluding hydrogens is 176 g/mol. The molecule has 1 fully saturated rings. The first-order chi connectivity index (χ1) is 6.62. The van der Waals surface area contributed by atoms with Crippen molar-refractivity contribution in [2.45, 2.75) is 44.6 Å². The maximum atomic E-state index is 10.4. The first-order valence-corrected chi connectivity index (χ1v) is 5.62. The molecule has 0 radical (unpaired) electrons.